The highest BCUT2D eigenvalue weighted by atomic mass is 35.5. The van der Waals surface area contributed by atoms with Crippen LogP contribution in [0.4, 0.5) is 0 Å². The molecule has 6 heteroatoms. The van der Waals surface area contributed by atoms with Crippen molar-refractivity contribution in [2.24, 2.45) is 0 Å². The summed E-state index contributed by atoms with van der Waals surface area (Å²) in [5, 5.41) is 14.7. The summed E-state index contributed by atoms with van der Waals surface area (Å²) in [7, 11) is 0. The molecule has 0 spiro atoms. The van der Waals surface area contributed by atoms with Crippen molar-refractivity contribution in [3.63, 3.8) is 0 Å². The maximum atomic E-state index is 11.8. The Balaban J connectivity index is 2.66. The number of nitrogens with one attached hydrogen (secondary N) is 2. The largest absolute Gasteiger partial charge is 0.394 e. The maximum Gasteiger partial charge on any atom is 0.245 e. The molecule has 0 aliphatic rings. The van der Waals surface area contributed by atoms with Gasteiger partial charge in [-0.25, -0.2) is 0 Å². The lowest BCUT2D eigenvalue weighted by atomic mass is 10.0. The van der Waals surface area contributed by atoms with Crippen LogP contribution in [0.25, 0.3) is 0 Å². The lowest BCUT2D eigenvalue weighted by molar-refractivity contribution is -0.129. The van der Waals surface area contributed by atoms with E-state index in [1.165, 1.54) is 6.92 Å². The fourth-order valence-electron chi connectivity index (χ4n) is 1.81. The van der Waals surface area contributed by atoms with Gasteiger partial charge in [-0.2, -0.15) is 0 Å². The van der Waals surface area contributed by atoms with Crippen molar-refractivity contribution in [1.82, 2.24) is 10.6 Å². The summed E-state index contributed by atoms with van der Waals surface area (Å²) in [5.74, 6) is -0.440. The van der Waals surface area contributed by atoms with Gasteiger partial charge in [0.1, 0.15) is 6.04 Å². The van der Waals surface area contributed by atoms with Crippen LogP contribution in [0.1, 0.15) is 37.8 Å². The highest BCUT2D eigenvalue weighted by Gasteiger charge is 2.18. The molecule has 2 amide bonds. The SMILES string of the molecule is CC(=O)N[C@@H](CO)C(=O)NCc1ccc(C(C)C)cc1Cl. The van der Waals surface area contributed by atoms with E-state index in [9.17, 15) is 9.59 Å². The van der Waals surface area contributed by atoms with Crippen LogP contribution < -0.4 is 10.6 Å². The smallest absolute Gasteiger partial charge is 0.245 e. The minimum Gasteiger partial charge on any atom is -0.394 e. The van der Waals surface area contributed by atoms with Gasteiger partial charge in [-0.3, -0.25) is 9.59 Å². The van der Waals surface area contributed by atoms with Gasteiger partial charge in [0.15, 0.2) is 0 Å². The van der Waals surface area contributed by atoms with Gasteiger partial charge in [-0.05, 0) is 23.1 Å². The number of amides is 2. The molecule has 0 saturated heterocycles. The average Bonchev–Trinajstić information content (AvgIpc) is 2.42. The van der Waals surface area contributed by atoms with E-state index in [4.69, 9.17) is 16.7 Å². The lowest BCUT2D eigenvalue weighted by Gasteiger charge is -2.16. The Morgan fingerprint density at radius 3 is 2.48 bits per heavy atom. The van der Waals surface area contributed by atoms with Crippen molar-refractivity contribution in [3.8, 4) is 0 Å². The van der Waals surface area contributed by atoms with E-state index >= 15 is 0 Å². The molecule has 0 bridgehead atoms. The van der Waals surface area contributed by atoms with Gasteiger partial charge in [-0.1, -0.05) is 37.6 Å². The first-order valence-electron chi connectivity index (χ1n) is 6.79. The van der Waals surface area contributed by atoms with Crippen LogP contribution in [0, 0.1) is 0 Å². The minimum absolute atomic E-state index is 0.242. The number of rotatable bonds is 6. The molecule has 0 aromatic heterocycles. The fourth-order valence-corrected chi connectivity index (χ4v) is 2.07. The molecule has 21 heavy (non-hydrogen) atoms. The van der Waals surface area contributed by atoms with E-state index in [-0.39, 0.29) is 12.5 Å². The van der Waals surface area contributed by atoms with Crippen molar-refractivity contribution in [3.05, 3.63) is 34.3 Å². The predicted molar refractivity (Wildman–Crippen MR) is 82.1 cm³/mol. The van der Waals surface area contributed by atoms with E-state index in [1.54, 1.807) is 0 Å². The normalized spacial score (nSPS) is 12.1. The second kappa shape index (κ2) is 8.00. The van der Waals surface area contributed by atoms with Crippen LogP contribution in [-0.2, 0) is 16.1 Å². The number of hydrogen-bond acceptors (Lipinski definition) is 3. The monoisotopic (exact) mass is 312 g/mol. The summed E-state index contributed by atoms with van der Waals surface area (Å²) in [6.45, 7) is 5.23. The Bertz CT molecular complexity index is 518. The topological polar surface area (TPSA) is 78.4 Å². The van der Waals surface area contributed by atoms with Gasteiger partial charge in [0.05, 0.1) is 6.61 Å². The van der Waals surface area contributed by atoms with E-state index < -0.39 is 18.6 Å². The van der Waals surface area contributed by atoms with Crippen molar-refractivity contribution in [2.75, 3.05) is 6.61 Å². The minimum atomic E-state index is -0.948. The molecule has 5 nitrogen and oxygen atoms in total. The standard InChI is InChI=1S/C15H21ClN2O3/c1-9(2)11-4-5-12(13(16)6-11)7-17-15(21)14(8-19)18-10(3)20/h4-6,9,14,19H,7-8H2,1-3H3,(H,17,21)(H,18,20)/t14-/m0/s1. The first-order chi connectivity index (χ1) is 9.85. The summed E-state index contributed by atoms with van der Waals surface area (Å²) >= 11 is 6.18. The summed E-state index contributed by atoms with van der Waals surface area (Å²) in [4.78, 5) is 22.8. The Labute approximate surface area is 129 Å². The molecule has 1 aromatic rings. The molecule has 0 saturated carbocycles. The van der Waals surface area contributed by atoms with Crippen LogP contribution >= 0.6 is 11.6 Å². The third kappa shape index (κ3) is 5.36. The zero-order valence-electron chi connectivity index (χ0n) is 12.4. The van der Waals surface area contributed by atoms with Gasteiger partial charge in [0, 0.05) is 18.5 Å². The maximum absolute atomic E-state index is 11.8. The summed E-state index contributed by atoms with van der Waals surface area (Å²) in [6, 6.07) is 4.77. The Morgan fingerprint density at radius 1 is 1.33 bits per heavy atom. The number of halogens is 1. The molecule has 1 atom stereocenters. The molecule has 0 heterocycles. The van der Waals surface area contributed by atoms with E-state index in [0.29, 0.717) is 10.9 Å². The third-order valence-electron chi connectivity index (χ3n) is 3.07. The van der Waals surface area contributed by atoms with Gasteiger partial charge in [-0.15, -0.1) is 0 Å². The molecule has 0 aliphatic carbocycles. The van der Waals surface area contributed by atoms with Crippen molar-refractivity contribution in [1.29, 1.82) is 0 Å². The highest BCUT2D eigenvalue weighted by molar-refractivity contribution is 6.31. The van der Waals surface area contributed by atoms with Crippen LogP contribution in [0.2, 0.25) is 5.02 Å². The zero-order valence-corrected chi connectivity index (χ0v) is 13.2. The van der Waals surface area contributed by atoms with Gasteiger partial charge >= 0.3 is 0 Å². The Kier molecular flexibility index (Phi) is 6.65. The van der Waals surface area contributed by atoms with Gasteiger partial charge in [0.2, 0.25) is 11.8 Å². The lowest BCUT2D eigenvalue weighted by Crippen LogP contribution is -2.48. The number of benzene rings is 1. The molecule has 1 rings (SSSR count). The molecular weight excluding hydrogens is 292 g/mol. The molecule has 1 aromatic carbocycles. The molecule has 0 aliphatic heterocycles. The van der Waals surface area contributed by atoms with Crippen LogP contribution in [0.5, 0.6) is 0 Å². The Hall–Kier alpha value is -1.59. The first-order valence-corrected chi connectivity index (χ1v) is 7.17. The molecular formula is C15H21ClN2O3. The van der Waals surface area contributed by atoms with E-state index in [0.717, 1.165) is 11.1 Å². The van der Waals surface area contributed by atoms with Crippen LogP contribution in [-0.4, -0.2) is 29.6 Å². The van der Waals surface area contributed by atoms with E-state index in [2.05, 4.69) is 24.5 Å². The van der Waals surface area contributed by atoms with Gasteiger partial charge < -0.3 is 15.7 Å². The zero-order chi connectivity index (χ0) is 16.0. The Morgan fingerprint density at radius 2 is 2.00 bits per heavy atom. The third-order valence-corrected chi connectivity index (χ3v) is 3.43. The van der Waals surface area contributed by atoms with Crippen molar-refractivity contribution < 1.29 is 14.7 Å². The molecule has 0 fully saturated rings. The van der Waals surface area contributed by atoms with Crippen LogP contribution in [0.15, 0.2) is 18.2 Å². The molecule has 3 N–H and O–H groups in total. The molecule has 116 valence electrons. The molecule has 0 radical (unpaired) electrons. The predicted octanol–water partition coefficient (Wildman–Crippen LogP) is 1.58. The van der Waals surface area contributed by atoms with E-state index in [1.807, 2.05) is 18.2 Å². The number of hydrogen-bond donors (Lipinski definition) is 3. The number of aliphatic hydroxyl groups excluding tert-OH is 1. The number of aliphatic hydroxyl groups is 1. The summed E-state index contributed by atoms with van der Waals surface area (Å²) in [6.07, 6.45) is 0. The first kappa shape index (κ1) is 17.5. The second-order valence-electron chi connectivity index (χ2n) is 5.16. The second-order valence-corrected chi connectivity index (χ2v) is 5.57. The summed E-state index contributed by atoms with van der Waals surface area (Å²) < 4.78 is 0. The number of carbonyl (C=O) groups is 2. The fraction of sp³-hybridized carbons (Fsp3) is 0.467. The number of carbonyl (C=O) groups excluding carboxylic acids is 2. The van der Waals surface area contributed by atoms with Crippen molar-refractivity contribution in [2.45, 2.75) is 39.3 Å². The average molecular weight is 313 g/mol. The van der Waals surface area contributed by atoms with Crippen LogP contribution in [0.3, 0.4) is 0 Å². The highest BCUT2D eigenvalue weighted by Crippen LogP contribution is 2.22. The molecule has 0 unspecified atom stereocenters. The quantitative estimate of drug-likeness (QED) is 0.746. The summed E-state index contributed by atoms with van der Waals surface area (Å²) in [5.41, 5.74) is 1.91. The van der Waals surface area contributed by atoms with Crippen molar-refractivity contribution >= 4 is 23.4 Å². The van der Waals surface area contributed by atoms with Gasteiger partial charge in [0.25, 0.3) is 0 Å².